The van der Waals surface area contributed by atoms with Crippen LogP contribution in [-0.4, -0.2) is 7.11 Å². The normalized spacial score (nSPS) is 12.7. The molecule has 116 valence electrons. The summed E-state index contributed by atoms with van der Waals surface area (Å²) in [5.41, 5.74) is 0.922. The minimum absolute atomic E-state index is 0.506. The lowest BCUT2D eigenvalue weighted by molar-refractivity contribution is 0.166. The Labute approximate surface area is 137 Å². The fraction of sp³-hybridized carbons (Fsp3) is 0.100. The van der Waals surface area contributed by atoms with Crippen molar-refractivity contribution >= 4 is 17.8 Å². The SMILES string of the molecule is COC(c1ccccc1)P(=O)(c1ccccc1)c1ccccc1. The van der Waals surface area contributed by atoms with Crippen LogP contribution in [-0.2, 0) is 9.30 Å². The first-order valence-corrected chi connectivity index (χ1v) is 9.33. The van der Waals surface area contributed by atoms with Crippen molar-refractivity contribution in [2.45, 2.75) is 5.85 Å². The van der Waals surface area contributed by atoms with E-state index in [9.17, 15) is 4.57 Å². The van der Waals surface area contributed by atoms with Gasteiger partial charge in [-0.25, -0.2) is 0 Å². The Morgan fingerprint density at radius 3 is 1.48 bits per heavy atom. The fourth-order valence-corrected chi connectivity index (χ4v) is 5.79. The van der Waals surface area contributed by atoms with Gasteiger partial charge in [-0.3, -0.25) is 0 Å². The van der Waals surface area contributed by atoms with Gasteiger partial charge in [-0.1, -0.05) is 91.0 Å². The van der Waals surface area contributed by atoms with Crippen LogP contribution < -0.4 is 10.6 Å². The summed E-state index contributed by atoms with van der Waals surface area (Å²) in [6, 6.07) is 29.0. The van der Waals surface area contributed by atoms with Crippen molar-refractivity contribution in [3.8, 4) is 0 Å². The Morgan fingerprint density at radius 2 is 1.09 bits per heavy atom. The molecule has 1 atom stereocenters. The van der Waals surface area contributed by atoms with Gasteiger partial charge in [0, 0.05) is 17.7 Å². The molecular formula is C20H19O2P. The Balaban J connectivity index is 2.22. The number of methoxy groups -OCH3 is 1. The molecular weight excluding hydrogens is 303 g/mol. The lowest BCUT2D eigenvalue weighted by Gasteiger charge is -2.28. The molecule has 3 rings (SSSR count). The third-order valence-electron chi connectivity index (χ3n) is 3.92. The van der Waals surface area contributed by atoms with Crippen LogP contribution in [0.4, 0.5) is 0 Å². The van der Waals surface area contributed by atoms with Gasteiger partial charge >= 0.3 is 0 Å². The number of rotatable bonds is 5. The molecule has 1 unspecified atom stereocenters. The Kier molecular flexibility index (Phi) is 4.76. The van der Waals surface area contributed by atoms with E-state index in [0.717, 1.165) is 16.2 Å². The molecule has 0 radical (unpaired) electrons. The average molecular weight is 322 g/mol. The fourth-order valence-electron chi connectivity index (χ4n) is 2.83. The summed E-state index contributed by atoms with van der Waals surface area (Å²) in [7, 11) is -1.36. The standard InChI is InChI=1S/C20H19O2P/c1-22-20(17-11-5-2-6-12-17)23(21,18-13-7-3-8-14-18)19-15-9-4-10-16-19/h2-16,20H,1H3. The molecule has 23 heavy (non-hydrogen) atoms. The van der Waals surface area contributed by atoms with Crippen molar-refractivity contribution in [3.63, 3.8) is 0 Å². The van der Waals surface area contributed by atoms with Crippen LogP contribution in [0.25, 0.3) is 0 Å². The zero-order valence-electron chi connectivity index (χ0n) is 13.0. The minimum Gasteiger partial charge on any atom is -0.368 e. The summed E-state index contributed by atoms with van der Waals surface area (Å²) in [4.78, 5) is 0. The smallest absolute Gasteiger partial charge is 0.174 e. The van der Waals surface area contributed by atoms with E-state index in [1.165, 1.54) is 0 Å². The van der Waals surface area contributed by atoms with Crippen molar-refractivity contribution in [1.29, 1.82) is 0 Å². The van der Waals surface area contributed by atoms with Gasteiger partial charge in [-0.2, -0.15) is 0 Å². The van der Waals surface area contributed by atoms with E-state index in [4.69, 9.17) is 4.74 Å². The predicted octanol–water partition coefficient (Wildman–Crippen LogP) is 4.35. The summed E-state index contributed by atoms with van der Waals surface area (Å²) in [5, 5.41) is 1.61. The van der Waals surface area contributed by atoms with Crippen molar-refractivity contribution in [3.05, 3.63) is 96.6 Å². The molecule has 3 heteroatoms. The predicted molar refractivity (Wildman–Crippen MR) is 96.0 cm³/mol. The summed E-state index contributed by atoms with van der Waals surface area (Å²) >= 11 is 0. The molecule has 3 aromatic rings. The van der Waals surface area contributed by atoms with Gasteiger partial charge in [0.05, 0.1) is 0 Å². The lowest BCUT2D eigenvalue weighted by atomic mass is 10.2. The van der Waals surface area contributed by atoms with Crippen LogP contribution in [0.5, 0.6) is 0 Å². The van der Waals surface area contributed by atoms with Gasteiger partial charge in [-0.05, 0) is 5.56 Å². The van der Waals surface area contributed by atoms with E-state index >= 15 is 0 Å². The van der Waals surface area contributed by atoms with Crippen LogP contribution in [0.15, 0.2) is 91.0 Å². The third kappa shape index (κ3) is 3.01. The first kappa shape index (κ1) is 15.7. The maximum absolute atomic E-state index is 14.2. The molecule has 0 spiro atoms. The first-order chi connectivity index (χ1) is 11.3. The molecule has 0 aliphatic heterocycles. The van der Waals surface area contributed by atoms with Crippen molar-refractivity contribution in [2.75, 3.05) is 7.11 Å². The molecule has 0 N–H and O–H groups in total. The largest absolute Gasteiger partial charge is 0.368 e. The molecule has 0 aromatic heterocycles. The third-order valence-corrected chi connectivity index (χ3v) is 7.22. The second-order valence-corrected chi connectivity index (χ2v) is 8.15. The van der Waals surface area contributed by atoms with E-state index in [2.05, 4.69) is 0 Å². The molecule has 3 aromatic carbocycles. The highest BCUT2D eigenvalue weighted by molar-refractivity contribution is 7.78. The molecule has 0 aliphatic carbocycles. The minimum atomic E-state index is -2.98. The van der Waals surface area contributed by atoms with Crippen molar-refractivity contribution in [2.24, 2.45) is 0 Å². The molecule has 0 bridgehead atoms. The summed E-state index contributed by atoms with van der Waals surface area (Å²) in [6.45, 7) is 0. The van der Waals surface area contributed by atoms with Gasteiger partial charge in [0.15, 0.2) is 7.14 Å². The molecule has 0 saturated carbocycles. The first-order valence-electron chi connectivity index (χ1n) is 7.55. The maximum atomic E-state index is 14.2. The van der Waals surface area contributed by atoms with Gasteiger partial charge in [0.25, 0.3) is 0 Å². The number of hydrogen-bond donors (Lipinski definition) is 0. The summed E-state index contributed by atoms with van der Waals surface area (Å²) in [6.07, 6.45) is 0. The van der Waals surface area contributed by atoms with E-state index < -0.39 is 13.0 Å². The second kappa shape index (κ2) is 6.95. The Morgan fingerprint density at radius 1 is 0.696 bits per heavy atom. The molecule has 0 amide bonds. The maximum Gasteiger partial charge on any atom is 0.174 e. The van der Waals surface area contributed by atoms with Gasteiger partial charge < -0.3 is 9.30 Å². The second-order valence-electron chi connectivity index (χ2n) is 5.33. The van der Waals surface area contributed by atoms with Crippen LogP contribution in [0.3, 0.4) is 0 Å². The van der Waals surface area contributed by atoms with Crippen LogP contribution >= 0.6 is 7.14 Å². The van der Waals surface area contributed by atoms with Crippen LogP contribution in [0.2, 0.25) is 0 Å². The highest BCUT2D eigenvalue weighted by atomic mass is 31.2. The van der Waals surface area contributed by atoms with Crippen LogP contribution in [0, 0.1) is 0 Å². The highest BCUT2D eigenvalue weighted by Gasteiger charge is 2.37. The summed E-state index contributed by atoms with van der Waals surface area (Å²) < 4.78 is 20.0. The quantitative estimate of drug-likeness (QED) is 0.653. The molecule has 0 fully saturated rings. The van der Waals surface area contributed by atoms with Crippen LogP contribution in [0.1, 0.15) is 11.4 Å². The zero-order valence-corrected chi connectivity index (χ0v) is 13.9. The Bertz CT molecular complexity index is 742. The number of ether oxygens (including phenoxy) is 1. The summed E-state index contributed by atoms with van der Waals surface area (Å²) in [5.74, 6) is -0.506. The topological polar surface area (TPSA) is 26.3 Å². The monoisotopic (exact) mass is 322 g/mol. The average Bonchev–Trinajstić information content (AvgIpc) is 2.64. The van der Waals surface area contributed by atoms with Crippen molar-refractivity contribution in [1.82, 2.24) is 0 Å². The highest BCUT2D eigenvalue weighted by Crippen LogP contribution is 2.57. The van der Waals surface area contributed by atoms with Gasteiger partial charge in [0.2, 0.25) is 0 Å². The zero-order chi connectivity index (χ0) is 16.1. The van der Waals surface area contributed by atoms with E-state index in [1.807, 2.05) is 91.0 Å². The molecule has 0 aliphatic rings. The van der Waals surface area contributed by atoms with E-state index in [-0.39, 0.29) is 0 Å². The van der Waals surface area contributed by atoms with Crippen molar-refractivity contribution < 1.29 is 9.30 Å². The molecule has 0 saturated heterocycles. The molecule has 2 nitrogen and oxygen atoms in total. The Hall–Kier alpha value is -2.15. The number of benzene rings is 3. The van der Waals surface area contributed by atoms with Gasteiger partial charge in [-0.15, -0.1) is 0 Å². The lowest BCUT2D eigenvalue weighted by Crippen LogP contribution is -2.22. The van der Waals surface area contributed by atoms with E-state index in [0.29, 0.717) is 0 Å². The number of hydrogen-bond acceptors (Lipinski definition) is 2. The van der Waals surface area contributed by atoms with Gasteiger partial charge in [0.1, 0.15) is 5.85 Å². The molecule has 0 heterocycles. The van der Waals surface area contributed by atoms with E-state index in [1.54, 1.807) is 7.11 Å².